The number of anilines is 2. The van der Waals surface area contributed by atoms with E-state index >= 15 is 0 Å². The number of methoxy groups -OCH3 is 2. The molecule has 2 amide bonds. The van der Waals surface area contributed by atoms with Crippen molar-refractivity contribution >= 4 is 35.0 Å². The first kappa shape index (κ1) is 21.8. The van der Waals surface area contributed by atoms with Crippen LogP contribution in [0, 0.1) is 6.92 Å². The molecule has 164 valence electrons. The number of hydrogen-bond donors (Lipinski definition) is 1. The normalized spacial score (nSPS) is 15.5. The lowest BCUT2D eigenvalue weighted by atomic mass is 10.1. The van der Waals surface area contributed by atoms with Crippen molar-refractivity contribution in [2.24, 2.45) is 0 Å². The minimum Gasteiger partial charge on any atom is -0.497 e. The SMILES string of the molecule is COc1cc(OC)cc(C(=O)Nc2cccc([C@@H]3SCC(=O)N3c3cccc(C)c3)c2)c1. The Morgan fingerprint density at radius 2 is 1.72 bits per heavy atom. The summed E-state index contributed by atoms with van der Waals surface area (Å²) in [5.74, 6) is 1.29. The van der Waals surface area contributed by atoms with E-state index in [0.717, 1.165) is 16.8 Å². The summed E-state index contributed by atoms with van der Waals surface area (Å²) in [6.45, 7) is 2.01. The molecule has 1 fully saturated rings. The van der Waals surface area contributed by atoms with E-state index in [1.165, 1.54) is 0 Å². The van der Waals surface area contributed by atoms with Gasteiger partial charge in [0.05, 0.1) is 20.0 Å². The van der Waals surface area contributed by atoms with Gasteiger partial charge in [-0.1, -0.05) is 24.3 Å². The van der Waals surface area contributed by atoms with Crippen LogP contribution in [-0.4, -0.2) is 31.8 Å². The minimum absolute atomic E-state index is 0.0727. The lowest BCUT2D eigenvalue weighted by molar-refractivity contribution is -0.115. The number of ether oxygens (including phenoxy) is 2. The molecule has 0 aliphatic carbocycles. The van der Waals surface area contributed by atoms with Crippen LogP contribution in [0.5, 0.6) is 11.5 Å². The maximum absolute atomic E-state index is 12.9. The van der Waals surface area contributed by atoms with Crippen molar-refractivity contribution in [2.45, 2.75) is 12.3 Å². The third kappa shape index (κ3) is 4.57. The molecule has 1 saturated heterocycles. The molecular formula is C25H24N2O4S. The summed E-state index contributed by atoms with van der Waals surface area (Å²) < 4.78 is 10.5. The lowest BCUT2D eigenvalue weighted by Crippen LogP contribution is -2.27. The summed E-state index contributed by atoms with van der Waals surface area (Å²) in [5.41, 5.74) is 4.00. The van der Waals surface area contributed by atoms with Crippen molar-refractivity contribution in [3.05, 3.63) is 83.4 Å². The number of nitrogens with zero attached hydrogens (tertiary/aromatic N) is 1. The first-order valence-electron chi connectivity index (χ1n) is 10.1. The Hall–Kier alpha value is -3.45. The van der Waals surface area contributed by atoms with E-state index < -0.39 is 0 Å². The Morgan fingerprint density at radius 3 is 2.41 bits per heavy atom. The van der Waals surface area contributed by atoms with Crippen LogP contribution in [-0.2, 0) is 4.79 Å². The molecule has 3 aromatic carbocycles. The minimum atomic E-state index is -0.273. The number of rotatable bonds is 6. The number of carbonyl (C=O) groups is 2. The van der Waals surface area contributed by atoms with Gasteiger partial charge in [0, 0.05) is 23.0 Å². The van der Waals surface area contributed by atoms with Gasteiger partial charge in [-0.15, -0.1) is 11.8 Å². The smallest absolute Gasteiger partial charge is 0.255 e. The Morgan fingerprint density at radius 1 is 1.00 bits per heavy atom. The van der Waals surface area contributed by atoms with E-state index in [-0.39, 0.29) is 17.2 Å². The second-order valence-electron chi connectivity index (χ2n) is 7.45. The molecule has 6 nitrogen and oxygen atoms in total. The highest BCUT2D eigenvalue weighted by atomic mass is 32.2. The summed E-state index contributed by atoms with van der Waals surface area (Å²) in [4.78, 5) is 27.3. The fourth-order valence-corrected chi connectivity index (χ4v) is 4.81. The molecule has 0 saturated carbocycles. The zero-order chi connectivity index (χ0) is 22.7. The molecule has 7 heteroatoms. The van der Waals surface area contributed by atoms with Crippen LogP contribution in [0.25, 0.3) is 0 Å². The summed E-state index contributed by atoms with van der Waals surface area (Å²) in [6, 6.07) is 20.6. The number of amides is 2. The second kappa shape index (κ2) is 9.36. The van der Waals surface area contributed by atoms with Gasteiger partial charge in [0.15, 0.2) is 0 Å². The van der Waals surface area contributed by atoms with E-state index in [1.807, 2.05) is 60.4 Å². The van der Waals surface area contributed by atoms with Gasteiger partial charge in [-0.05, 0) is 54.4 Å². The van der Waals surface area contributed by atoms with Crippen molar-refractivity contribution in [1.29, 1.82) is 0 Å². The maximum atomic E-state index is 12.9. The second-order valence-corrected chi connectivity index (χ2v) is 8.52. The number of nitrogens with one attached hydrogen (secondary N) is 1. The first-order valence-corrected chi connectivity index (χ1v) is 11.2. The van der Waals surface area contributed by atoms with Crippen LogP contribution in [0.2, 0.25) is 0 Å². The fourth-order valence-electron chi connectivity index (χ4n) is 3.64. The van der Waals surface area contributed by atoms with Gasteiger partial charge in [-0.2, -0.15) is 0 Å². The molecule has 0 unspecified atom stereocenters. The summed E-state index contributed by atoms with van der Waals surface area (Å²) >= 11 is 1.58. The molecule has 1 atom stereocenters. The van der Waals surface area contributed by atoms with Gasteiger partial charge in [-0.3, -0.25) is 14.5 Å². The molecule has 1 aliphatic rings. The van der Waals surface area contributed by atoms with Gasteiger partial charge in [0.25, 0.3) is 5.91 Å². The van der Waals surface area contributed by atoms with Gasteiger partial charge in [-0.25, -0.2) is 0 Å². The number of aryl methyl sites for hydroxylation is 1. The van der Waals surface area contributed by atoms with Crippen LogP contribution < -0.4 is 19.7 Å². The third-order valence-corrected chi connectivity index (χ3v) is 6.40. The van der Waals surface area contributed by atoms with Crippen molar-refractivity contribution in [3.63, 3.8) is 0 Å². The molecule has 1 N–H and O–H groups in total. The van der Waals surface area contributed by atoms with Gasteiger partial charge in [0.2, 0.25) is 5.91 Å². The predicted molar refractivity (Wildman–Crippen MR) is 128 cm³/mol. The predicted octanol–water partition coefficient (Wildman–Crippen LogP) is 5.04. The van der Waals surface area contributed by atoms with Crippen LogP contribution >= 0.6 is 11.8 Å². The first-order chi connectivity index (χ1) is 15.5. The number of thioether (sulfide) groups is 1. The van der Waals surface area contributed by atoms with Crippen molar-refractivity contribution in [1.82, 2.24) is 0 Å². The standard InChI is InChI=1S/C25H24N2O4S/c1-16-6-4-9-20(10-16)27-23(28)15-32-25(27)17-7-5-8-19(11-17)26-24(29)18-12-21(30-2)14-22(13-18)31-3/h4-14,25H,15H2,1-3H3,(H,26,29)/t25-/m0/s1. The highest BCUT2D eigenvalue weighted by Crippen LogP contribution is 2.42. The van der Waals surface area contributed by atoms with E-state index in [1.54, 1.807) is 44.2 Å². The Labute approximate surface area is 191 Å². The van der Waals surface area contributed by atoms with Crippen LogP contribution in [0.3, 0.4) is 0 Å². The zero-order valence-electron chi connectivity index (χ0n) is 18.1. The van der Waals surface area contributed by atoms with Crippen molar-refractivity contribution in [2.75, 3.05) is 30.2 Å². The average Bonchev–Trinajstić information content (AvgIpc) is 3.20. The quantitative estimate of drug-likeness (QED) is 0.572. The fraction of sp³-hybridized carbons (Fsp3) is 0.200. The third-order valence-electron chi connectivity index (χ3n) is 5.19. The molecular weight excluding hydrogens is 424 g/mol. The summed E-state index contributed by atoms with van der Waals surface area (Å²) in [5, 5.41) is 2.78. The monoisotopic (exact) mass is 448 g/mol. The van der Waals surface area contributed by atoms with E-state index in [9.17, 15) is 9.59 Å². The molecule has 0 bridgehead atoms. The van der Waals surface area contributed by atoms with Crippen LogP contribution in [0.4, 0.5) is 11.4 Å². The molecule has 1 aliphatic heterocycles. The maximum Gasteiger partial charge on any atom is 0.255 e. The molecule has 4 rings (SSSR count). The van der Waals surface area contributed by atoms with E-state index in [4.69, 9.17) is 9.47 Å². The molecule has 3 aromatic rings. The number of benzene rings is 3. The van der Waals surface area contributed by atoms with Crippen LogP contribution in [0.1, 0.15) is 26.9 Å². The number of carbonyl (C=O) groups excluding carboxylic acids is 2. The summed E-state index contributed by atoms with van der Waals surface area (Å²) in [7, 11) is 3.08. The highest BCUT2D eigenvalue weighted by molar-refractivity contribution is 8.00. The Bertz CT molecular complexity index is 1140. The molecule has 0 aromatic heterocycles. The van der Waals surface area contributed by atoms with Crippen LogP contribution in [0.15, 0.2) is 66.7 Å². The molecule has 0 spiro atoms. The lowest BCUT2D eigenvalue weighted by Gasteiger charge is -2.25. The van der Waals surface area contributed by atoms with E-state index in [0.29, 0.717) is 28.5 Å². The molecule has 32 heavy (non-hydrogen) atoms. The highest BCUT2D eigenvalue weighted by Gasteiger charge is 2.34. The van der Waals surface area contributed by atoms with Crippen molar-refractivity contribution < 1.29 is 19.1 Å². The number of hydrogen-bond acceptors (Lipinski definition) is 5. The Balaban J connectivity index is 1.58. The topological polar surface area (TPSA) is 67.9 Å². The van der Waals surface area contributed by atoms with E-state index in [2.05, 4.69) is 5.32 Å². The van der Waals surface area contributed by atoms with Gasteiger partial charge in [0.1, 0.15) is 16.9 Å². The average molecular weight is 449 g/mol. The zero-order valence-corrected chi connectivity index (χ0v) is 18.9. The largest absolute Gasteiger partial charge is 0.497 e. The van der Waals surface area contributed by atoms with Gasteiger partial charge >= 0.3 is 0 Å². The summed E-state index contributed by atoms with van der Waals surface area (Å²) in [6.07, 6.45) is 0. The van der Waals surface area contributed by atoms with Gasteiger partial charge < -0.3 is 14.8 Å². The van der Waals surface area contributed by atoms with Crippen molar-refractivity contribution in [3.8, 4) is 11.5 Å². The molecule has 1 heterocycles. The Kier molecular flexibility index (Phi) is 6.37. The molecule has 0 radical (unpaired) electrons.